The predicted molar refractivity (Wildman–Crippen MR) is 86.4 cm³/mol. The predicted octanol–water partition coefficient (Wildman–Crippen LogP) is -0.640. The molecule has 0 bridgehead atoms. The maximum absolute atomic E-state index is 12.1. The lowest BCUT2D eigenvalue weighted by Crippen LogP contribution is -2.36. The van der Waals surface area contributed by atoms with Crippen molar-refractivity contribution in [3.63, 3.8) is 0 Å². The van der Waals surface area contributed by atoms with E-state index in [1.54, 1.807) is 12.1 Å². The summed E-state index contributed by atoms with van der Waals surface area (Å²) in [5, 5.41) is 15.4. The van der Waals surface area contributed by atoms with E-state index in [-0.39, 0.29) is 29.7 Å². The fraction of sp³-hybridized carbons (Fsp3) is 0.533. The molecule has 23 heavy (non-hydrogen) atoms. The number of amides is 1. The maximum Gasteiger partial charge on any atom is 0.240 e. The smallest absolute Gasteiger partial charge is 0.240 e. The standard InChI is InChI=1S/C15H23N3O4S/c1-11-2-4-13(5-3-11)23(21,22)18-7-6-15(20)17-9-12-8-16-10-14(12)19/h2-5,12,14,16,18-19H,6-10H2,1H3,(H,17,20). The molecular formula is C15H23N3O4S. The van der Waals surface area contributed by atoms with Gasteiger partial charge in [-0.15, -0.1) is 0 Å². The van der Waals surface area contributed by atoms with Gasteiger partial charge in [0.25, 0.3) is 0 Å². The summed E-state index contributed by atoms with van der Waals surface area (Å²) in [5.41, 5.74) is 0.979. The second-order valence-corrected chi connectivity index (χ2v) is 7.52. The highest BCUT2D eigenvalue weighted by Crippen LogP contribution is 2.10. The molecule has 0 saturated carbocycles. The number of aliphatic hydroxyl groups is 1. The number of nitrogens with one attached hydrogen (secondary N) is 3. The third-order valence-electron chi connectivity index (χ3n) is 3.84. The second kappa shape index (κ2) is 7.87. The van der Waals surface area contributed by atoms with Gasteiger partial charge in [0.1, 0.15) is 0 Å². The van der Waals surface area contributed by atoms with Gasteiger partial charge in [-0.3, -0.25) is 4.79 Å². The zero-order valence-electron chi connectivity index (χ0n) is 13.1. The Bertz CT molecular complexity index is 631. The fourth-order valence-corrected chi connectivity index (χ4v) is 3.39. The van der Waals surface area contributed by atoms with E-state index >= 15 is 0 Å². The van der Waals surface area contributed by atoms with Gasteiger partial charge in [0.05, 0.1) is 11.0 Å². The van der Waals surface area contributed by atoms with Gasteiger partial charge in [0.2, 0.25) is 15.9 Å². The molecule has 0 aromatic heterocycles. The Morgan fingerprint density at radius 3 is 2.61 bits per heavy atom. The first kappa shape index (κ1) is 17.9. The van der Waals surface area contributed by atoms with Crippen molar-refractivity contribution in [1.29, 1.82) is 0 Å². The average Bonchev–Trinajstić information content (AvgIpc) is 2.91. The van der Waals surface area contributed by atoms with Crippen LogP contribution in [0.1, 0.15) is 12.0 Å². The molecular weight excluding hydrogens is 318 g/mol. The Balaban J connectivity index is 1.73. The Kier molecular flexibility index (Phi) is 6.11. The van der Waals surface area contributed by atoms with Crippen molar-refractivity contribution < 1.29 is 18.3 Å². The van der Waals surface area contributed by atoms with Gasteiger partial charge in [-0.1, -0.05) is 17.7 Å². The van der Waals surface area contributed by atoms with E-state index in [2.05, 4.69) is 15.4 Å². The summed E-state index contributed by atoms with van der Waals surface area (Å²) < 4.78 is 26.5. The normalized spacial score (nSPS) is 21.3. The molecule has 1 aliphatic heterocycles. The molecule has 0 aliphatic carbocycles. The Morgan fingerprint density at radius 2 is 2.00 bits per heavy atom. The molecule has 128 valence electrons. The molecule has 1 aromatic carbocycles. The molecule has 1 amide bonds. The topological polar surface area (TPSA) is 108 Å². The number of hydrogen-bond acceptors (Lipinski definition) is 5. The van der Waals surface area contributed by atoms with Crippen LogP contribution in [-0.4, -0.2) is 51.7 Å². The highest BCUT2D eigenvalue weighted by atomic mass is 32.2. The van der Waals surface area contributed by atoms with Crippen molar-refractivity contribution in [2.24, 2.45) is 5.92 Å². The zero-order chi connectivity index (χ0) is 16.9. The van der Waals surface area contributed by atoms with Crippen LogP contribution >= 0.6 is 0 Å². The molecule has 7 nitrogen and oxygen atoms in total. The lowest BCUT2D eigenvalue weighted by atomic mass is 10.1. The van der Waals surface area contributed by atoms with Crippen molar-refractivity contribution in [3.8, 4) is 0 Å². The Labute approximate surface area is 136 Å². The fourth-order valence-electron chi connectivity index (χ4n) is 2.36. The van der Waals surface area contributed by atoms with E-state index in [9.17, 15) is 18.3 Å². The molecule has 4 N–H and O–H groups in total. The van der Waals surface area contributed by atoms with E-state index in [1.165, 1.54) is 12.1 Å². The number of hydrogen-bond donors (Lipinski definition) is 4. The van der Waals surface area contributed by atoms with Crippen LogP contribution < -0.4 is 15.4 Å². The van der Waals surface area contributed by atoms with Gasteiger partial charge in [0, 0.05) is 38.5 Å². The molecule has 0 radical (unpaired) electrons. The van der Waals surface area contributed by atoms with Gasteiger partial charge < -0.3 is 15.7 Å². The largest absolute Gasteiger partial charge is 0.391 e. The molecule has 8 heteroatoms. The number of carbonyl (C=O) groups excluding carboxylic acids is 1. The van der Waals surface area contributed by atoms with Crippen molar-refractivity contribution in [1.82, 2.24) is 15.4 Å². The van der Waals surface area contributed by atoms with Crippen LogP contribution in [0.15, 0.2) is 29.2 Å². The first-order valence-corrected chi connectivity index (χ1v) is 9.08. The molecule has 2 unspecified atom stereocenters. The summed E-state index contributed by atoms with van der Waals surface area (Å²) >= 11 is 0. The quantitative estimate of drug-likeness (QED) is 0.528. The zero-order valence-corrected chi connectivity index (χ0v) is 13.9. The van der Waals surface area contributed by atoms with Gasteiger partial charge in [-0.2, -0.15) is 0 Å². The van der Waals surface area contributed by atoms with Crippen molar-refractivity contribution in [3.05, 3.63) is 29.8 Å². The Morgan fingerprint density at radius 1 is 1.30 bits per heavy atom. The Hall–Kier alpha value is -1.48. The molecule has 1 aromatic rings. The van der Waals surface area contributed by atoms with Gasteiger partial charge in [-0.05, 0) is 19.1 Å². The molecule has 1 heterocycles. The lowest BCUT2D eigenvalue weighted by Gasteiger charge is -2.14. The summed E-state index contributed by atoms with van der Waals surface area (Å²) in [4.78, 5) is 11.9. The summed E-state index contributed by atoms with van der Waals surface area (Å²) in [5.74, 6) is -0.237. The monoisotopic (exact) mass is 341 g/mol. The van der Waals surface area contributed by atoms with Crippen molar-refractivity contribution in [2.75, 3.05) is 26.2 Å². The van der Waals surface area contributed by atoms with Crippen LogP contribution in [0.25, 0.3) is 0 Å². The van der Waals surface area contributed by atoms with E-state index in [0.29, 0.717) is 19.6 Å². The molecule has 1 fully saturated rings. The van der Waals surface area contributed by atoms with Crippen LogP contribution in [0.5, 0.6) is 0 Å². The van der Waals surface area contributed by atoms with Gasteiger partial charge in [0.15, 0.2) is 0 Å². The third-order valence-corrected chi connectivity index (χ3v) is 5.32. The van der Waals surface area contributed by atoms with Crippen LogP contribution in [-0.2, 0) is 14.8 Å². The van der Waals surface area contributed by atoms with Crippen LogP contribution in [0, 0.1) is 12.8 Å². The first-order valence-electron chi connectivity index (χ1n) is 7.60. The number of β-amino-alcohol motifs (C(OH)–C–C–N with tert-alkyl or cyclic N) is 1. The minimum Gasteiger partial charge on any atom is -0.391 e. The summed E-state index contributed by atoms with van der Waals surface area (Å²) in [7, 11) is -3.59. The van der Waals surface area contributed by atoms with Crippen molar-refractivity contribution >= 4 is 15.9 Å². The first-order chi connectivity index (χ1) is 10.9. The number of sulfonamides is 1. The van der Waals surface area contributed by atoms with Crippen LogP contribution in [0.4, 0.5) is 0 Å². The molecule has 2 rings (SSSR count). The second-order valence-electron chi connectivity index (χ2n) is 5.75. The minimum atomic E-state index is -3.59. The minimum absolute atomic E-state index is 0.00296. The molecule has 2 atom stereocenters. The maximum atomic E-state index is 12.1. The average molecular weight is 341 g/mol. The number of rotatable bonds is 7. The molecule has 0 spiro atoms. The van der Waals surface area contributed by atoms with Crippen molar-refractivity contribution in [2.45, 2.75) is 24.3 Å². The molecule has 1 aliphatic rings. The third kappa shape index (κ3) is 5.28. The SMILES string of the molecule is Cc1ccc(S(=O)(=O)NCCC(=O)NCC2CNCC2O)cc1. The molecule has 1 saturated heterocycles. The lowest BCUT2D eigenvalue weighted by molar-refractivity contribution is -0.121. The van der Waals surface area contributed by atoms with Crippen LogP contribution in [0.3, 0.4) is 0 Å². The summed E-state index contributed by atoms with van der Waals surface area (Å²) in [6, 6.07) is 6.52. The number of carbonyl (C=O) groups is 1. The van der Waals surface area contributed by atoms with E-state index in [4.69, 9.17) is 0 Å². The number of aliphatic hydroxyl groups excluding tert-OH is 1. The number of aryl methyl sites for hydroxylation is 1. The van der Waals surface area contributed by atoms with E-state index < -0.39 is 16.1 Å². The highest BCUT2D eigenvalue weighted by Gasteiger charge is 2.25. The number of benzene rings is 1. The van der Waals surface area contributed by atoms with Gasteiger partial charge in [-0.25, -0.2) is 13.1 Å². The van der Waals surface area contributed by atoms with Gasteiger partial charge >= 0.3 is 0 Å². The van der Waals surface area contributed by atoms with E-state index in [1.807, 2.05) is 6.92 Å². The highest BCUT2D eigenvalue weighted by molar-refractivity contribution is 7.89. The summed E-state index contributed by atoms with van der Waals surface area (Å²) in [6.45, 7) is 3.51. The van der Waals surface area contributed by atoms with E-state index in [0.717, 1.165) is 5.56 Å². The summed E-state index contributed by atoms with van der Waals surface area (Å²) in [6.07, 6.45) is -0.392. The van der Waals surface area contributed by atoms with Crippen LogP contribution in [0.2, 0.25) is 0 Å².